The maximum atomic E-state index is 11.2. The van der Waals surface area contributed by atoms with Crippen LogP contribution in [0.15, 0.2) is 12.7 Å². The first kappa shape index (κ1) is 12.8. The molecule has 0 aliphatic heterocycles. The molecule has 0 radical (unpaired) electrons. The average Bonchev–Trinajstić information content (AvgIpc) is 2.27. The summed E-state index contributed by atoms with van der Waals surface area (Å²) in [6.45, 7) is 5.15. The summed E-state index contributed by atoms with van der Waals surface area (Å²) in [5, 5.41) is 0. The molecule has 1 fully saturated rings. The zero-order valence-electron chi connectivity index (χ0n) is 10.00. The maximum absolute atomic E-state index is 11.2. The zero-order chi connectivity index (χ0) is 12.0. The quantitative estimate of drug-likeness (QED) is 0.413. The number of terminal acetylenes is 1. The van der Waals surface area contributed by atoms with Crippen molar-refractivity contribution in [2.75, 3.05) is 0 Å². The Kier molecular flexibility index (Phi) is 4.61. The molecular weight excluding hydrogens is 200 g/mol. The molecule has 1 aliphatic rings. The highest BCUT2D eigenvalue weighted by atomic mass is 16.6. The van der Waals surface area contributed by atoms with E-state index in [1.807, 2.05) is 6.08 Å². The average molecular weight is 220 g/mol. The Morgan fingerprint density at radius 2 is 2.44 bits per heavy atom. The molecule has 1 aliphatic carbocycles. The Labute approximate surface area is 98.1 Å². The molecule has 0 saturated heterocycles. The Morgan fingerprint density at radius 3 is 3.00 bits per heavy atom. The van der Waals surface area contributed by atoms with Crippen molar-refractivity contribution >= 4 is 5.97 Å². The molecule has 0 N–H and O–H groups in total. The van der Waals surface area contributed by atoms with Gasteiger partial charge in [0.15, 0.2) is 5.60 Å². The van der Waals surface area contributed by atoms with Crippen molar-refractivity contribution in [1.82, 2.24) is 0 Å². The van der Waals surface area contributed by atoms with Gasteiger partial charge in [-0.3, -0.25) is 4.79 Å². The predicted octanol–water partition coefficient (Wildman–Crippen LogP) is 3.08. The molecular formula is C14H20O2. The lowest BCUT2D eigenvalue weighted by Crippen LogP contribution is -2.43. The molecule has 2 atom stereocenters. The minimum Gasteiger partial charge on any atom is -0.446 e. The molecule has 2 nitrogen and oxygen atoms in total. The molecule has 0 aromatic heterocycles. The van der Waals surface area contributed by atoms with Crippen LogP contribution in [-0.4, -0.2) is 11.6 Å². The standard InChI is InChI=1S/C14H20O2/c1-4-6-9-13-10-7-8-11-14(13,5-2)16-12(3)15/h2,4,13H,1,6-11H2,3H3. The fraction of sp³-hybridized carbons (Fsp3) is 0.643. The number of hydrogen-bond acceptors (Lipinski definition) is 2. The van der Waals surface area contributed by atoms with Crippen LogP contribution in [0.5, 0.6) is 0 Å². The van der Waals surface area contributed by atoms with Gasteiger partial charge in [-0.05, 0) is 32.1 Å². The number of carbonyl (C=O) groups excluding carboxylic acids is 1. The van der Waals surface area contributed by atoms with Crippen LogP contribution in [0.1, 0.15) is 45.4 Å². The maximum Gasteiger partial charge on any atom is 0.304 e. The minimum atomic E-state index is -0.660. The summed E-state index contributed by atoms with van der Waals surface area (Å²) in [6.07, 6.45) is 13.4. The lowest BCUT2D eigenvalue weighted by molar-refractivity contribution is -0.159. The van der Waals surface area contributed by atoms with Crippen LogP contribution in [-0.2, 0) is 9.53 Å². The molecule has 0 spiro atoms. The number of hydrogen-bond donors (Lipinski definition) is 0. The van der Waals surface area contributed by atoms with E-state index in [-0.39, 0.29) is 11.9 Å². The molecule has 2 unspecified atom stereocenters. The summed E-state index contributed by atoms with van der Waals surface area (Å²) in [6, 6.07) is 0. The van der Waals surface area contributed by atoms with Gasteiger partial charge < -0.3 is 4.74 Å². The monoisotopic (exact) mass is 220 g/mol. The van der Waals surface area contributed by atoms with E-state index in [9.17, 15) is 4.79 Å². The van der Waals surface area contributed by atoms with Crippen LogP contribution < -0.4 is 0 Å². The predicted molar refractivity (Wildman–Crippen MR) is 64.7 cm³/mol. The Morgan fingerprint density at radius 1 is 1.69 bits per heavy atom. The topological polar surface area (TPSA) is 26.3 Å². The molecule has 16 heavy (non-hydrogen) atoms. The van der Waals surface area contributed by atoms with Crippen molar-refractivity contribution in [2.24, 2.45) is 5.92 Å². The molecule has 0 heterocycles. The molecule has 1 rings (SSSR count). The highest BCUT2D eigenvalue weighted by Gasteiger charge is 2.41. The summed E-state index contributed by atoms with van der Waals surface area (Å²) in [7, 11) is 0. The number of allylic oxidation sites excluding steroid dienone is 1. The molecule has 88 valence electrons. The summed E-state index contributed by atoms with van der Waals surface area (Å²) >= 11 is 0. The van der Waals surface area contributed by atoms with Crippen molar-refractivity contribution in [2.45, 2.75) is 51.0 Å². The third-order valence-electron chi connectivity index (χ3n) is 3.30. The lowest BCUT2D eigenvalue weighted by Gasteiger charge is -2.39. The highest BCUT2D eigenvalue weighted by Crippen LogP contribution is 2.39. The first-order valence-electron chi connectivity index (χ1n) is 5.93. The van der Waals surface area contributed by atoms with Crippen LogP contribution in [0.2, 0.25) is 0 Å². The van der Waals surface area contributed by atoms with E-state index in [4.69, 9.17) is 11.2 Å². The van der Waals surface area contributed by atoms with Crippen LogP contribution in [0.25, 0.3) is 0 Å². The van der Waals surface area contributed by atoms with Gasteiger partial charge in [-0.1, -0.05) is 18.4 Å². The van der Waals surface area contributed by atoms with Gasteiger partial charge in [-0.2, -0.15) is 0 Å². The van der Waals surface area contributed by atoms with E-state index in [1.165, 1.54) is 13.3 Å². The van der Waals surface area contributed by atoms with Gasteiger partial charge in [0, 0.05) is 12.8 Å². The number of ether oxygens (including phenoxy) is 1. The van der Waals surface area contributed by atoms with Gasteiger partial charge >= 0.3 is 5.97 Å². The molecule has 2 heteroatoms. The summed E-state index contributed by atoms with van der Waals surface area (Å²) in [4.78, 5) is 11.2. The Bertz CT molecular complexity index is 300. The Hall–Kier alpha value is -1.23. The van der Waals surface area contributed by atoms with Crippen molar-refractivity contribution in [3.63, 3.8) is 0 Å². The second-order valence-electron chi connectivity index (χ2n) is 4.44. The second kappa shape index (κ2) is 5.75. The van der Waals surface area contributed by atoms with Crippen LogP contribution in [0.4, 0.5) is 0 Å². The van der Waals surface area contributed by atoms with Gasteiger partial charge in [0.25, 0.3) is 0 Å². The van der Waals surface area contributed by atoms with E-state index in [1.54, 1.807) is 0 Å². The van der Waals surface area contributed by atoms with Gasteiger partial charge in [0.2, 0.25) is 0 Å². The molecule has 0 amide bonds. The number of esters is 1. The molecule has 0 aromatic carbocycles. The van der Waals surface area contributed by atoms with E-state index < -0.39 is 5.60 Å². The zero-order valence-corrected chi connectivity index (χ0v) is 10.00. The molecule has 0 bridgehead atoms. The molecule has 1 saturated carbocycles. The minimum absolute atomic E-state index is 0.275. The summed E-state index contributed by atoms with van der Waals surface area (Å²) < 4.78 is 5.43. The van der Waals surface area contributed by atoms with Gasteiger partial charge in [0.1, 0.15) is 0 Å². The van der Waals surface area contributed by atoms with Crippen LogP contribution >= 0.6 is 0 Å². The van der Waals surface area contributed by atoms with Crippen LogP contribution in [0, 0.1) is 18.3 Å². The van der Waals surface area contributed by atoms with Gasteiger partial charge in [-0.15, -0.1) is 13.0 Å². The highest BCUT2D eigenvalue weighted by molar-refractivity contribution is 5.67. The van der Waals surface area contributed by atoms with E-state index >= 15 is 0 Å². The van der Waals surface area contributed by atoms with Crippen LogP contribution in [0.3, 0.4) is 0 Å². The summed E-state index contributed by atoms with van der Waals surface area (Å²) in [5.41, 5.74) is -0.660. The first-order valence-corrected chi connectivity index (χ1v) is 5.93. The number of carbonyl (C=O) groups is 1. The fourth-order valence-corrected chi connectivity index (χ4v) is 2.52. The SMILES string of the molecule is C#CC1(OC(C)=O)CCCCC1CCC=C. The largest absolute Gasteiger partial charge is 0.446 e. The number of rotatable bonds is 4. The van der Waals surface area contributed by atoms with E-state index in [0.717, 1.165) is 32.1 Å². The van der Waals surface area contributed by atoms with Crippen molar-refractivity contribution in [1.29, 1.82) is 0 Å². The Balaban J connectivity index is 2.79. The van der Waals surface area contributed by atoms with E-state index in [0.29, 0.717) is 0 Å². The smallest absolute Gasteiger partial charge is 0.304 e. The lowest BCUT2D eigenvalue weighted by atomic mass is 9.73. The normalized spacial score (nSPS) is 29.1. The van der Waals surface area contributed by atoms with Gasteiger partial charge in [-0.25, -0.2) is 0 Å². The van der Waals surface area contributed by atoms with Gasteiger partial charge in [0.05, 0.1) is 0 Å². The first-order chi connectivity index (χ1) is 7.64. The molecule has 0 aromatic rings. The summed E-state index contributed by atoms with van der Waals surface area (Å²) in [5.74, 6) is 2.74. The fourth-order valence-electron chi connectivity index (χ4n) is 2.52. The second-order valence-corrected chi connectivity index (χ2v) is 4.44. The van der Waals surface area contributed by atoms with Crippen molar-refractivity contribution in [3.05, 3.63) is 12.7 Å². The third-order valence-corrected chi connectivity index (χ3v) is 3.30. The van der Waals surface area contributed by atoms with Crippen molar-refractivity contribution < 1.29 is 9.53 Å². The third kappa shape index (κ3) is 2.88. The van der Waals surface area contributed by atoms with E-state index in [2.05, 4.69) is 12.5 Å². The van der Waals surface area contributed by atoms with Crippen molar-refractivity contribution in [3.8, 4) is 12.3 Å².